The summed E-state index contributed by atoms with van der Waals surface area (Å²) in [5.74, 6) is 0.750. The molecular weight excluding hydrogens is 311 g/mol. The number of rotatable bonds is 3. The van der Waals surface area contributed by atoms with E-state index in [9.17, 15) is 12.8 Å². The zero-order chi connectivity index (χ0) is 14.0. The molecule has 0 radical (unpaired) electrons. The van der Waals surface area contributed by atoms with Crippen LogP contribution in [0.25, 0.3) is 0 Å². The van der Waals surface area contributed by atoms with Gasteiger partial charge in [0, 0.05) is 17.5 Å². The molecule has 3 N–H and O–H groups in total. The quantitative estimate of drug-likeness (QED) is 0.836. The van der Waals surface area contributed by atoms with E-state index in [4.69, 9.17) is 17.3 Å². The third kappa shape index (κ3) is 3.53. The average Bonchev–Trinajstić information content (AvgIpc) is 2.34. The van der Waals surface area contributed by atoms with Crippen LogP contribution < -0.4 is 10.5 Å². The van der Waals surface area contributed by atoms with Gasteiger partial charge in [0.15, 0.2) is 5.82 Å². The summed E-state index contributed by atoms with van der Waals surface area (Å²) < 4.78 is 40.6. The van der Waals surface area contributed by atoms with Crippen LogP contribution >= 0.6 is 23.4 Å². The predicted octanol–water partition coefficient (Wildman–Crippen LogP) is 2.24. The molecule has 0 aromatic heterocycles. The Morgan fingerprint density at radius 2 is 2.21 bits per heavy atom. The lowest BCUT2D eigenvalue weighted by Gasteiger charge is -2.22. The van der Waals surface area contributed by atoms with Crippen molar-refractivity contribution >= 4 is 39.1 Å². The maximum atomic E-state index is 13.8. The van der Waals surface area contributed by atoms with Gasteiger partial charge in [-0.3, -0.25) is 0 Å². The van der Waals surface area contributed by atoms with E-state index in [1.165, 1.54) is 6.07 Å². The summed E-state index contributed by atoms with van der Waals surface area (Å²) in [6.45, 7) is 0. The van der Waals surface area contributed by atoms with Crippen molar-refractivity contribution in [2.24, 2.45) is 0 Å². The van der Waals surface area contributed by atoms with Crippen LogP contribution in [0.2, 0.25) is 5.02 Å². The number of thioether (sulfide) groups is 1. The zero-order valence-corrected chi connectivity index (χ0v) is 12.4. The number of nitrogen functional groups attached to an aromatic ring is 1. The van der Waals surface area contributed by atoms with Crippen molar-refractivity contribution in [1.82, 2.24) is 4.72 Å². The first kappa shape index (κ1) is 14.9. The molecule has 19 heavy (non-hydrogen) atoms. The Balaban J connectivity index is 2.28. The van der Waals surface area contributed by atoms with Crippen LogP contribution in [0.3, 0.4) is 0 Å². The molecule has 1 aromatic rings. The lowest BCUT2D eigenvalue weighted by molar-refractivity contribution is 0.531. The SMILES string of the molecule is Nc1cc(Cl)c(F)c(S(=O)(=O)NC2CCCSC2)c1. The van der Waals surface area contributed by atoms with Gasteiger partial charge >= 0.3 is 0 Å². The third-order valence-electron chi connectivity index (χ3n) is 2.79. The Morgan fingerprint density at radius 3 is 2.84 bits per heavy atom. The van der Waals surface area contributed by atoms with Crippen molar-refractivity contribution in [3.63, 3.8) is 0 Å². The molecule has 1 saturated heterocycles. The molecule has 1 aromatic carbocycles. The molecule has 4 nitrogen and oxygen atoms in total. The van der Waals surface area contributed by atoms with Gasteiger partial charge in [-0.25, -0.2) is 17.5 Å². The van der Waals surface area contributed by atoms with Crippen LogP contribution in [0.4, 0.5) is 10.1 Å². The number of anilines is 1. The summed E-state index contributed by atoms with van der Waals surface area (Å²) in [6.07, 6.45) is 1.70. The van der Waals surface area contributed by atoms with Crippen molar-refractivity contribution in [2.75, 3.05) is 17.2 Å². The second-order valence-electron chi connectivity index (χ2n) is 4.35. The van der Waals surface area contributed by atoms with Crippen molar-refractivity contribution < 1.29 is 12.8 Å². The molecule has 0 bridgehead atoms. The highest BCUT2D eigenvalue weighted by atomic mass is 35.5. The van der Waals surface area contributed by atoms with Crippen LogP contribution in [0.15, 0.2) is 17.0 Å². The molecular formula is C11H14ClFN2O2S2. The van der Waals surface area contributed by atoms with Gasteiger partial charge in [-0.1, -0.05) is 11.6 Å². The monoisotopic (exact) mass is 324 g/mol. The minimum Gasteiger partial charge on any atom is -0.399 e. The smallest absolute Gasteiger partial charge is 0.243 e. The van der Waals surface area contributed by atoms with Crippen molar-refractivity contribution in [3.8, 4) is 0 Å². The molecule has 1 unspecified atom stereocenters. The van der Waals surface area contributed by atoms with E-state index < -0.39 is 20.7 Å². The fourth-order valence-corrected chi connectivity index (χ4v) is 4.76. The van der Waals surface area contributed by atoms with E-state index in [1.807, 2.05) is 0 Å². The van der Waals surface area contributed by atoms with Gasteiger partial charge in [-0.2, -0.15) is 11.8 Å². The summed E-state index contributed by atoms with van der Waals surface area (Å²) in [6, 6.07) is 2.09. The van der Waals surface area contributed by atoms with Crippen molar-refractivity contribution in [3.05, 3.63) is 23.0 Å². The van der Waals surface area contributed by atoms with E-state index in [1.54, 1.807) is 11.8 Å². The first-order chi connectivity index (χ1) is 8.90. The third-order valence-corrected chi connectivity index (χ3v) is 5.80. The number of sulfonamides is 1. The number of halogens is 2. The molecule has 1 heterocycles. The van der Waals surface area contributed by atoms with Crippen molar-refractivity contribution in [1.29, 1.82) is 0 Å². The van der Waals surface area contributed by atoms with Gasteiger partial charge in [-0.05, 0) is 30.7 Å². The molecule has 0 spiro atoms. The summed E-state index contributed by atoms with van der Waals surface area (Å²) in [4.78, 5) is -0.493. The van der Waals surface area contributed by atoms with Crippen LogP contribution in [0.1, 0.15) is 12.8 Å². The lowest BCUT2D eigenvalue weighted by atomic mass is 10.2. The van der Waals surface area contributed by atoms with E-state index in [2.05, 4.69) is 4.72 Å². The Labute approximate surface area is 120 Å². The molecule has 1 aliphatic rings. The highest BCUT2D eigenvalue weighted by Gasteiger charge is 2.26. The Hall–Kier alpha value is -0.500. The second-order valence-corrected chi connectivity index (χ2v) is 7.59. The normalized spacial score (nSPS) is 20.4. The molecule has 1 fully saturated rings. The summed E-state index contributed by atoms with van der Waals surface area (Å²) in [5, 5.41) is -0.293. The van der Waals surface area contributed by atoms with Gasteiger partial charge in [0.05, 0.1) is 5.02 Å². The van der Waals surface area contributed by atoms with Crippen LogP contribution in [-0.4, -0.2) is 26.0 Å². The Morgan fingerprint density at radius 1 is 1.47 bits per heavy atom. The van der Waals surface area contributed by atoms with Crippen LogP contribution in [0.5, 0.6) is 0 Å². The average molecular weight is 325 g/mol. The maximum Gasteiger partial charge on any atom is 0.243 e. The minimum absolute atomic E-state index is 0.116. The topological polar surface area (TPSA) is 72.2 Å². The predicted molar refractivity (Wildman–Crippen MR) is 76.5 cm³/mol. The number of nitrogens with two attached hydrogens (primary N) is 1. The number of hydrogen-bond donors (Lipinski definition) is 2. The maximum absolute atomic E-state index is 13.8. The molecule has 0 amide bonds. The highest BCUT2D eigenvalue weighted by molar-refractivity contribution is 7.99. The standard InChI is InChI=1S/C11H14ClFN2O2S2/c12-9-4-7(14)5-10(11(9)13)19(16,17)15-8-2-1-3-18-6-8/h4-5,8,15H,1-3,6,14H2. The van der Waals surface area contributed by atoms with Crippen molar-refractivity contribution in [2.45, 2.75) is 23.8 Å². The molecule has 1 aliphatic heterocycles. The van der Waals surface area contributed by atoms with Gasteiger partial charge in [-0.15, -0.1) is 0 Å². The minimum atomic E-state index is -3.94. The fourth-order valence-electron chi connectivity index (χ4n) is 1.90. The number of benzene rings is 1. The zero-order valence-electron chi connectivity index (χ0n) is 10.0. The molecule has 0 aliphatic carbocycles. The van der Waals surface area contributed by atoms with E-state index in [0.29, 0.717) is 5.75 Å². The molecule has 0 saturated carbocycles. The number of hydrogen-bond acceptors (Lipinski definition) is 4. The fraction of sp³-hybridized carbons (Fsp3) is 0.455. The van der Waals surface area contributed by atoms with Crippen LogP contribution in [0, 0.1) is 5.82 Å². The highest BCUT2D eigenvalue weighted by Crippen LogP contribution is 2.26. The summed E-state index contributed by atoms with van der Waals surface area (Å²) in [5.41, 5.74) is 5.63. The molecule has 2 rings (SSSR count). The number of nitrogens with one attached hydrogen (secondary N) is 1. The molecule has 1 atom stereocenters. The first-order valence-corrected chi connectivity index (χ1v) is 8.76. The van der Waals surface area contributed by atoms with Gasteiger partial charge in [0.2, 0.25) is 10.0 Å². The Kier molecular flexibility index (Phi) is 4.60. The first-order valence-electron chi connectivity index (χ1n) is 5.75. The van der Waals surface area contributed by atoms with E-state index >= 15 is 0 Å². The van der Waals surface area contributed by atoms with Gasteiger partial charge < -0.3 is 5.73 Å². The summed E-state index contributed by atoms with van der Waals surface area (Å²) >= 11 is 7.29. The molecule has 106 valence electrons. The van der Waals surface area contributed by atoms with Gasteiger partial charge in [0.1, 0.15) is 4.90 Å². The molecule has 8 heteroatoms. The van der Waals surface area contributed by atoms with Crippen LogP contribution in [-0.2, 0) is 10.0 Å². The largest absolute Gasteiger partial charge is 0.399 e. The van der Waals surface area contributed by atoms with E-state index in [0.717, 1.165) is 24.7 Å². The lowest BCUT2D eigenvalue weighted by Crippen LogP contribution is -2.38. The second kappa shape index (κ2) is 5.87. The van der Waals surface area contributed by atoms with E-state index in [-0.39, 0.29) is 16.8 Å². The summed E-state index contributed by atoms with van der Waals surface area (Å²) in [7, 11) is -3.94. The Bertz CT molecular complexity index is 574. The van der Waals surface area contributed by atoms with Gasteiger partial charge in [0.25, 0.3) is 0 Å².